The molecule has 0 aromatic heterocycles. The zero-order valence-electron chi connectivity index (χ0n) is 34.1. The van der Waals surface area contributed by atoms with Gasteiger partial charge in [-0.25, -0.2) is 4.99 Å². The van der Waals surface area contributed by atoms with E-state index in [0.29, 0.717) is 35.5 Å². The van der Waals surface area contributed by atoms with E-state index in [9.17, 15) is 0 Å². The molecule has 0 aliphatic heterocycles. The summed E-state index contributed by atoms with van der Waals surface area (Å²) < 4.78 is 0. The van der Waals surface area contributed by atoms with E-state index in [1.54, 1.807) is 0 Å². The van der Waals surface area contributed by atoms with Crippen molar-refractivity contribution in [2.45, 2.75) is 145 Å². The van der Waals surface area contributed by atoms with E-state index in [1.165, 1.54) is 50.2 Å². The van der Waals surface area contributed by atoms with Gasteiger partial charge in [0.25, 0.3) is 0 Å². The van der Waals surface area contributed by atoms with E-state index in [4.69, 9.17) is 4.99 Å². The van der Waals surface area contributed by atoms with E-state index in [1.807, 2.05) is 0 Å². The minimum Gasteiger partial charge on any atom is -0.405 e. The summed E-state index contributed by atoms with van der Waals surface area (Å²) >= 11 is 0. The molecule has 0 aliphatic carbocycles. The molecule has 4 aromatic carbocycles. The highest BCUT2D eigenvalue weighted by Gasteiger charge is 2.36. The number of aliphatic imine (C=N–C) groups is 1. The number of benzene rings is 4. The normalized spacial score (nSPS) is 12.3. The molecule has 0 bridgehead atoms. The Morgan fingerprint density at radius 1 is 0.549 bits per heavy atom. The SMILES string of the molecule is CCCCC(=Nc1c(C(C)C)cccc1C(C)C)N(B(Nc1c(C(C)C)cccc1C(C)C)c1ccccc1)c1c(C(C)C)cccc1C(C)C. The van der Waals surface area contributed by atoms with Crippen LogP contribution in [0.3, 0.4) is 0 Å². The van der Waals surface area contributed by atoms with Gasteiger partial charge in [-0.3, -0.25) is 0 Å². The van der Waals surface area contributed by atoms with Crippen molar-refractivity contribution >= 4 is 35.3 Å². The van der Waals surface area contributed by atoms with Crippen LogP contribution in [0.1, 0.15) is 178 Å². The van der Waals surface area contributed by atoms with Crippen LogP contribution < -0.4 is 15.5 Å². The van der Waals surface area contributed by atoms with Crippen LogP contribution in [0.4, 0.5) is 17.1 Å². The Labute approximate surface area is 312 Å². The third-order valence-corrected chi connectivity index (χ3v) is 10.2. The van der Waals surface area contributed by atoms with Crippen molar-refractivity contribution in [1.29, 1.82) is 0 Å². The van der Waals surface area contributed by atoms with Gasteiger partial charge in [0.05, 0.1) is 11.5 Å². The second-order valence-corrected chi connectivity index (χ2v) is 16.3. The van der Waals surface area contributed by atoms with Gasteiger partial charge in [-0.2, -0.15) is 0 Å². The van der Waals surface area contributed by atoms with Crippen LogP contribution in [0.15, 0.2) is 89.9 Å². The molecule has 0 saturated carbocycles. The largest absolute Gasteiger partial charge is 0.414 e. The van der Waals surface area contributed by atoms with E-state index < -0.39 is 0 Å². The molecule has 4 aromatic rings. The molecule has 0 fully saturated rings. The van der Waals surface area contributed by atoms with Crippen LogP contribution in [0, 0.1) is 0 Å². The van der Waals surface area contributed by atoms with Crippen molar-refractivity contribution < 1.29 is 0 Å². The number of anilines is 2. The maximum atomic E-state index is 5.92. The third-order valence-electron chi connectivity index (χ3n) is 10.2. The van der Waals surface area contributed by atoms with Gasteiger partial charge in [0.2, 0.25) is 0 Å². The average Bonchev–Trinajstić information content (AvgIpc) is 3.09. The molecule has 0 amide bonds. The van der Waals surface area contributed by atoms with Gasteiger partial charge in [0, 0.05) is 17.8 Å². The quantitative estimate of drug-likeness (QED) is 0.0767. The van der Waals surface area contributed by atoms with Crippen LogP contribution in [0.2, 0.25) is 0 Å². The Kier molecular flexibility index (Phi) is 14.2. The Hall–Kier alpha value is -3.79. The smallest absolute Gasteiger partial charge is 0.405 e. The summed E-state index contributed by atoms with van der Waals surface area (Å²) in [5.74, 6) is 3.22. The van der Waals surface area contributed by atoms with E-state index >= 15 is 0 Å². The Morgan fingerprint density at radius 3 is 1.37 bits per heavy atom. The van der Waals surface area contributed by atoms with E-state index in [2.05, 4.69) is 185 Å². The molecule has 0 aliphatic rings. The monoisotopic (exact) mass is 684 g/mol. The minimum atomic E-state index is -0.203. The summed E-state index contributed by atoms with van der Waals surface area (Å²) in [6.07, 6.45) is 3.02. The van der Waals surface area contributed by atoms with Gasteiger partial charge in [-0.05, 0) is 80.8 Å². The zero-order valence-corrected chi connectivity index (χ0v) is 34.1. The topological polar surface area (TPSA) is 27.6 Å². The molecular weight excluding hydrogens is 617 g/mol. The van der Waals surface area contributed by atoms with Crippen molar-refractivity contribution in [3.05, 3.63) is 118 Å². The lowest BCUT2D eigenvalue weighted by atomic mass is 9.63. The predicted octanol–water partition coefficient (Wildman–Crippen LogP) is 13.7. The fourth-order valence-electron chi connectivity index (χ4n) is 7.32. The van der Waals surface area contributed by atoms with Crippen LogP contribution in [0.5, 0.6) is 0 Å². The molecule has 4 heteroatoms. The number of hydrogen-bond acceptors (Lipinski definition) is 2. The van der Waals surface area contributed by atoms with Crippen molar-refractivity contribution in [1.82, 2.24) is 0 Å². The highest BCUT2D eigenvalue weighted by atomic mass is 15.2. The van der Waals surface area contributed by atoms with Crippen LogP contribution >= 0.6 is 0 Å². The fraction of sp³-hybridized carbons (Fsp3) is 0.468. The number of para-hydroxylation sites is 3. The number of rotatable bonds is 15. The number of unbranched alkanes of at least 4 members (excludes halogenated alkanes) is 1. The number of amidine groups is 1. The summed E-state index contributed by atoms with van der Waals surface area (Å²) in [5.41, 5.74) is 12.9. The van der Waals surface area contributed by atoms with Gasteiger partial charge < -0.3 is 10.0 Å². The average molecular weight is 684 g/mol. The van der Waals surface area contributed by atoms with Crippen LogP contribution in [-0.4, -0.2) is 12.8 Å². The summed E-state index contributed by atoms with van der Waals surface area (Å²) in [4.78, 5) is 8.56. The van der Waals surface area contributed by atoms with Gasteiger partial charge in [-0.1, -0.05) is 181 Å². The first-order chi connectivity index (χ1) is 24.3. The molecule has 0 spiro atoms. The maximum Gasteiger partial charge on any atom is 0.414 e. The van der Waals surface area contributed by atoms with E-state index in [-0.39, 0.29) is 6.98 Å². The highest BCUT2D eigenvalue weighted by Crippen LogP contribution is 2.41. The number of nitrogens with zero attached hydrogens (tertiary/aromatic N) is 2. The summed E-state index contributed by atoms with van der Waals surface area (Å²) in [6.45, 7) is 29.9. The molecule has 0 saturated heterocycles. The Bertz CT molecular complexity index is 1650. The first-order valence-electron chi connectivity index (χ1n) is 19.8. The van der Waals surface area contributed by atoms with Gasteiger partial charge >= 0.3 is 6.98 Å². The fourth-order valence-corrected chi connectivity index (χ4v) is 7.32. The molecule has 0 heterocycles. The van der Waals surface area contributed by atoms with Gasteiger partial charge in [0.15, 0.2) is 0 Å². The first kappa shape index (κ1) is 40.0. The Morgan fingerprint density at radius 2 is 0.961 bits per heavy atom. The lowest BCUT2D eigenvalue weighted by molar-refractivity contribution is 0.815. The lowest BCUT2D eigenvalue weighted by Gasteiger charge is -2.39. The molecule has 3 nitrogen and oxygen atoms in total. The maximum absolute atomic E-state index is 5.92. The van der Waals surface area contributed by atoms with Crippen molar-refractivity contribution in [3.8, 4) is 0 Å². The second-order valence-electron chi connectivity index (χ2n) is 16.3. The molecule has 51 heavy (non-hydrogen) atoms. The number of hydrogen-bond donors (Lipinski definition) is 1. The van der Waals surface area contributed by atoms with Crippen LogP contribution in [0.25, 0.3) is 0 Å². The predicted molar refractivity (Wildman–Crippen MR) is 228 cm³/mol. The van der Waals surface area contributed by atoms with Crippen molar-refractivity contribution in [3.63, 3.8) is 0 Å². The molecule has 1 N–H and O–H groups in total. The molecular formula is C47H66BN3. The molecule has 0 radical (unpaired) electrons. The number of nitrogens with one attached hydrogen (secondary N) is 1. The summed E-state index contributed by atoms with van der Waals surface area (Å²) in [6, 6.07) is 31.7. The molecule has 272 valence electrons. The highest BCUT2D eigenvalue weighted by molar-refractivity contribution is 6.82. The lowest BCUT2D eigenvalue weighted by Crippen LogP contribution is -2.58. The molecule has 4 rings (SSSR count). The standard InChI is InChI=1S/C47H66BN3/c1-14-15-30-44(49-45-38(31(2)3)24-19-25-39(45)32(4)5)51(47-42(35(10)11)28-21-29-43(47)36(12)13)48(37-22-17-16-18-23-37)50-46-40(33(6)7)26-20-27-41(46)34(8)9/h16-29,31-36,50H,14-15,30H2,1-13H3. The second kappa shape index (κ2) is 18.1. The first-order valence-corrected chi connectivity index (χ1v) is 19.8. The zero-order chi connectivity index (χ0) is 37.4. The van der Waals surface area contributed by atoms with Crippen molar-refractivity contribution in [2.75, 3.05) is 10.0 Å². The van der Waals surface area contributed by atoms with Crippen molar-refractivity contribution in [2.24, 2.45) is 4.99 Å². The third kappa shape index (κ3) is 9.37. The molecule has 0 atom stereocenters. The van der Waals surface area contributed by atoms with Gasteiger partial charge in [-0.15, -0.1) is 0 Å². The summed E-state index contributed by atoms with van der Waals surface area (Å²) in [7, 11) is 0. The van der Waals surface area contributed by atoms with Crippen LogP contribution in [-0.2, 0) is 0 Å². The van der Waals surface area contributed by atoms with Gasteiger partial charge in [0.1, 0.15) is 0 Å². The Balaban J connectivity index is 2.23. The van der Waals surface area contributed by atoms with E-state index in [0.717, 1.165) is 30.8 Å². The summed E-state index contributed by atoms with van der Waals surface area (Å²) in [5, 5.41) is 4.29. The molecule has 0 unspecified atom stereocenters. The minimum absolute atomic E-state index is 0.203.